The third-order valence-electron chi connectivity index (χ3n) is 14.6. The summed E-state index contributed by atoms with van der Waals surface area (Å²) in [5, 5.41) is 2.95. The molecule has 0 radical (unpaired) electrons. The molecule has 62 heavy (non-hydrogen) atoms. The summed E-state index contributed by atoms with van der Waals surface area (Å²) in [6, 6.07) is 43.9. The van der Waals surface area contributed by atoms with Gasteiger partial charge < -0.3 is 0 Å². The predicted octanol–water partition coefficient (Wildman–Crippen LogP) is 14.9. The van der Waals surface area contributed by atoms with Crippen LogP contribution in [-0.2, 0) is 27.2 Å². The van der Waals surface area contributed by atoms with E-state index < -0.39 is 25.9 Å². The molecule has 0 bridgehead atoms. The van der Waals surface area contributed by atoms with Gasteiger partial charge in [0.05, 0.1) is 0 Å². The van der Waals surface area contributed by atoms with E-state index in [1.54, 1.807) is 0 Å². The first-order valence-corrected chi connectivity index (χ1v) is 34.7. The van der Waals surface area contributed by atoms with Crippen molar-refractivity contribution in [2.24, 2.45) is 0 Å². The average molecular weight is 950 g/mol. The Morgan fingerprint density at radius 1 is 0.500 bits per heavy atom. The van der Waals surface area contributed by atoms with Gasteiger partial charge in [0.1, 0.15) is 0 Å². The standard InChI is InChI=1S/2C23H27.C12H9Si.2ClH.Zr/c2*1-15(2)18-9-7-8-10-19(18)22-20-14-16(3)13-17(20)11-12-21(22)23(4,5)6;1-3-7-11-9(5-1)10-6-2-4-8-12(10)13-11;;;/h2*7-15H,1-6H3;1-7H,13H2;2*1H;/q;;;;;+2/p-2. The summed E-state index contributed by atoms with van der Waals surface area (Å²) in [6.07, 6.45) is 4.99. The van der Waals surface area contributed by atoms with E-state index in [-0.39, 0.29) is 18.1 Å². The second-order valence-corrected chi connectivity index (χ2v) is 43.9. The number of fused-ring (bicyclic) bond motifs is 5. The van der Waals surface area contributed by atoms with E-state index in [1.807, 2.05) is 0 Å². The van der Waals surface area contributed by atoms with Gasteiger partial charge in [-0.2, -0.15) is 0 Å². The molecule has 3 aliphatic rings. The maximum absolute atomic E-state index is 9.34. The molecule has 0 N–H and O–H groups in total. The van der Waals surface area contributed by atoms with Crippen LogP contribution in [0.4, 0.5) is 0 Å². The molecule has 1 heterocycles. The first-order valence-electron chi connectivity index (χ1n) is 22.9. The molecule has 317 valence electrons. The van der Waals surface area contributed by atoms with Gasteiger partial charge in [-0.05, 0) is 0 Å². The molecule has 2 unspecified atom stereocenters. The van der Waals surface area contributed by atoms with Gasteiger partial charge in [0, 0.05) is 0 Å². The van der Waals surface area contributed by atoms with E-state index in [2.05, 4.69) is 210 Å². The Bertz CT molecular complexity index is 2730. The Kier molecular flexibility index (Phi) is 10.8. The first kappa shape index (κ1) is 43.7. The topological polar surface area (TPSA) is 0 Å². The second kappa shape index (κ2) is 15.3. The molecule has 0 aromatic heterocycles. The molecule has 0 amide bonds. The van der Waals surface area contributed by atoms with Crippen molar-refractivity contribution in [2.45, 2.75) is 113 Å². The minimum atomic E-state index is -5.65. The second-order valence-electron chi connectivity index (χ2n) is 21.4. The fraction of sp³-hybridized carbons (Fsp3) is 0.310. The van der Waals surface area contributed by atoms with E-state index >= 15 is 0 Å². The van der Waals surface area contributed by atoms with Gasteiger partial charge in [0.25, 0.3) is 0 Å². The van der Waals surface area contributed by atoms with E-state index in [0.29, 0.717) is 11.8 Å². The van der Waals surface area contributed by atoms with Crippen LogP contribution >= 0.6 is 17.0 Å². The van der Waals surface area contributed by atoms with Crippen LogP contribution in [0.15, 0.2) is 126 Å². The number of hydrogen-bond donors (Lipinski definition) is 0. The van der Waals surface area contributed by atoms with Crippen LogP contribution in [0, 0.1) is 0 Å². The van der Waals surface area contributed by atoms with Crippen molar-refractivity contribution in [2.75, 3.05) is 0 Å². The number of benzene rings is 6. The maximum atomic E-state index is 9.34. The van der Waals surface area contributed by atoms with Crippen molar-refractivity contribution in [3.05, 3.63) is 171 Å². The van der Waals surface area contributed by atoms with E-state index in [9.17, 15) is 17.0 Å². The van der Waals surface area contributed by atoms with Gasteiger partial charge >= 0.3 is 386 Å². The zero-order valence-electron chi connectivity index (χ0n) is 38.9. The van der Waals surface area contributed by atoms with Crippen molar-refractivity contribution in [1.29, 1.82) is 0 Å². The van der Waals surface area contributed by atoms with Gasteiger partial charge in [-0.15, -0.1) is 0 Å². The van der Waals surface area contributed by atoms with Crippen LogP contribution in [0.25, 0.3) is 45.5 Å². The van der Waals surface area contributed by atoms with Crippen molar-refractivity contribution < 1.29 is 16.4 Å². The minimum absolute atomic E-state index is 0.0803. The van der Waals surface area contributed by atoms with E-state index in [0.717, 1.165) is 0 Å². The number of hydrogen-bond acceptors (Lipinski definition) is 0. The third kappa shape index (κ3) is 6.67. The number of halogens is 2. The van der Waals surface area contributed by atoms with E-state index in [4.69, 9.17) is 0 Å². The molecule has 0 fully saturated rings. The summed E-state index contributed by atoms with van der Waals surface area (Å²) in [4.78, 5) is 0. The van der Waals surface area contributed by atoms with Crippen molar-refractivity contribution in [3.63, 3.8) is 0 Å². The summed E-state index contributed by atoms with van der Waals surface area (Å²) in [7, 11) is 17.8. The number of allylic oxidation sites excluding steroid dienone is 2. The third-order valence-corrected chi connectivity index (χ3v) is 37.8. The predicted molar refractivity (Wildman–Crippen MR) is 273 cm³/mol. The van der Waals surface area contributed by atoms with Crippen LogP contribution in [0.3, 0.4) is 0 Å². The Labute approximate surface area is 383 Å². The zero-order chi connectivity index (χ0) is 44.3. The molecular formula is C58H63Cl2SiZr. The monoisotopic (exact) mass is 947 g/mol. The van der Waals surface area contributed by atoms with Crippen LogP contribution in [-0.4, -0.2) is 9.52 Å². The quantitative estimate of drug-likeness (QED) is 0.140. The summed E-state index contributed by atoms with van der Waals surface area (Å²) in [5.74, 6) is 0.745. The van der Waals surface area contributed by atoms with Crippen LogP contribution in [0.1, 0.15) is 147 Å². The first-order chi connectivity index (χ1) is 29.2. The molecule has 6 aromatic rings. The Hall–Kier alpha value is -3.52. The van der Waals surface area contributed by atoms with Crippen molar-refractivity contribution in [3.8, 4) is 33.4 Å². The van der Waals surface area contributed by atoms with Gasteiger partial charge in [-0.1, -0.05) is 0 Å². The summed E-state index contributed by atoms with van der Waals surface area (Å²) in [5.41, 5.74) is 21.1. The normalized spacial score (nSPS) is 18.0. The van der Waals surface area contributed by atoms with Crippen molar-refractivity contribution in [1.82, 2.24) is 0 Å². The molecule has 0 spiro atoms. The Morgan fingerprint density at radius 3 is 1.37 bits per heavy atom. The van der Waals surface area contributed by atoms with Crippen molar-refractivity contribution >= 4 is 52.3 Å². The van der Waals surface area contributed by atoms with Crippen LogP contribution in [0.5, 0.6) is 0 Å². The molecule has 9 rings (SSSR count). The molecule has 0 nitrogen and oxygen atoms in total. The van der Waals surface area contributed by atoms with E-state index in [1.165, 1.54) is 103 Å². The summed E-state index contributed by atoms with van der Waals surface area (Å²) >= 11 is -5.65. The fourth-order valence-corrected chi connectivity index (χ4v) is 40.8. The van der Waals surface area contributed by atoms with Crippen LogP contribution < -0.4 is 13.6 Å². The number of rotatable bonds is 7. The molecular weight excluding hydrogens is 887 g/mol. The molecule has 0 saturated heterocycles. The van der Waals surface area contributed by atoms with Gasteiger partial charge in [-0.3, -0.25) is 0 Å². The molecule has 6 aromatic carbocycles. The molecule has 4 heteroatoms. The Morgan fingerprint density at radius 2 is 0.919 bits per heavy atom. The SMILES string of the molecule is CC1=Cc2c(ccc(C(C)(C)C)c2-c2ccccc2C(C)C)[CH]1[Zr]([Cl])([Cl])([c]1cccc2c1[SiH2]c1ccccc1-2)[CH]1C(C)=Cc2c1ccc(C(C)(C)C)c2-c1ccccc1C(C)C. The summed E-state index contributed by atoms with van der Waals surface area (Å²) < 4.78 is 1.01. The zero-order valence-corrected chi connectivity index (χ0v) is 44.3. The van der Waals surface area contributed by atoms with Gasteiger partial charge in [0.15, 0.2) is 0 Å². The molecule has 2 aliphatic carbocycles. The average Bonchev–Trinajstić information content (AvgIpc) is 3.89. The van der Waals surface area contributed by atoms with Crippen LogP contribution in [0.2, 0.25) is 0 Å². The molecule has 2 atom stereocenters. The summed E-state index contributed by atoms with van der Waals surface area (Å²) in [6.45, 7) is 28.1. The Balaban J connectivity index is 1.39. The van der Waals surface area contributed by atoms with Gasteiger partial charge in [0.2, 0.25) is 0 Å². The molecule has 1 aliphatic heterocycles. The molecule has 0 saturated carbocycles. The fourth-order valence-electron chi connectivity index (χ4n) is 12.0. The van der Waals surface area contributed by atoms with Gasteiger partial charge in [-0.25, -0.2) is 0 Å².